The lowest BCUT2D eigenvalue weighted by Crippen LogP contribution is -2.14. The van der Waals surface area contributed by atoms with Gasteiger partial charge in [-0.15, -0.1) is 11.8 Å². The maximum atomic E-state index is 12.2. The number of pyridine rings is 1. The highest BCUT2D eigenvalue weighted by Crippen LogP contribution is 2.15. The topological polar surface area (TPSA) is 62.0 Å². The standard InChI is InChI=1S/C20H20N2O2S/c1-13-3-6-15(7-4-13)22-20(24)12-25-11-16-10-19(23)17-8-5-14(2)9-18(17)21-16/h3-10H,11-12H2,1-2H3,(H,21,23)(H,22,24). The van der Waals surface area contributed by atoms with Crippen LogP contribution in [0.3, 0.4) is 0 Å². The normalized spacial score (nSPS) is 10.8. The molecule has 0 saturated heterocycles. The molecule has 2 N–H and O–H groups in total. The number of aromatic amines is 1. The van der Waals surface area contributed by atoms with Gasteiger partial charge in [0.15, 0.2) is 5.43 Å². The van der Waals surface area contributed by atoms with Gasteiger partial charge in [0.2, 0.25) is 5.91 Å². The summed E-state index contributed by atoms with van der Waals surface area (Å²) in [5.74, 6) is 0.871. The zero-order valence-corrected chi connectivity index (χ0v) is 15.1. The van der Waals surface area contributed by atoms with Crippen molar-refractivity contribution < 1.29 is 4.79 Å². The second-order valence-electron chi connectivity index (χ2n) is 6.11. The van der Waals surface area contributed by atoms with Crippen LogP contribution in [-0.4, -0.2) is 16.6 Å². The van der Waals surface area contributed by atoms with Crippen LogP contribution in [0.1, 0.15) is 16.8 Å². The summed E-state index contributed by atoms with van der Waals surface area (Å²) in [4.78, 5) is 27.5. The van der Waals surface area contributed by atoms with Crippen molar-refractivity contribution in [2.24, 2.45) is 0 Å². The van der Waals surface area contributed by atoms with Gasteiger partial charge in [-0.2, -0.15) is 0 Å². The van der Waals surface area contributed by atoms with E-state index in [1.165, 1.54) is 11.8 Å². The minimum Gasteiger partial charge on any atom is -0.357 e. The fraction of sp³-hybridized carbons (Fsp3) is 0.200. The van der Waals surface area contributed by atoms with Crippen molar-refractivity contribution in [3.8, 4) is 0 Å². The second-order valence-corrected chi connectivity index (χ2v) is 7.10. The molecular weight excluding hydrogens is 332 g/mol. The Balaban J connectivity index is 1.60. The number of hydrogen-bond donors (Lipinski definition) is 2. The maximum absolute atomic E-state index is 12.2. The number of H-pyrrole nitrogens is 1. The number of fused-ring (bicyclic) bond motifs is 1. The third-order valence-electron chi connectivity index (χ3n) is 3.87. The first-order valence-corrected chi connectivity index (χ1v) is 9.23. The zero-order valence-electron chi connectivity index (χ0n) is 14.3. The summed E-state index contributed by atoms with van der Waals surface area (Å²) < 4.78 is 0. The highest BCUT2D eigenvalue weighted by Gasteiger charge is 2.06. The molecule has 0 radical (unpaired) electrons. The molecule has 0 aliphatic carbocycles. The van der Waals surface area contributed by atoms with Gasteiger partial charge in [0, 0.05) is 34.1 Å². The average Bonchev–Trinajstić information content (AvgIpc) is 2.56. The molecule has 5 heteroatoms. The third kappa shape index (κ3) is 4.51. The molecule has 0 saturated carbocycles. The molecule has 2 aromatic carbocycles. The average molecular weight is 352 g/mol. The number of anilines is 1. The number of rotatable bonds is 5. The summed E-state index contributed by atoms with van der Waals surface area (Å²) in [5, 5.41) is 3.56. The molecular formula is C20H20N2O2S. The summed E-state index contributed by atoms with van der Waals surface area (Å²) >= 11 is 1.48. The molecule has 3 rings (SSSR count). The van der Waals surface area contributed by atoms with Gasteiger partial charge in [0.25, 0.3) is 0 Å². The Morgan fingerprint density at radius 2 is 1.76 bits per heavy atom. The van der Waals surface area contributed by atoms with Gasteiger partial charge in [0.05, 0.1) is 5.75 Å². The van der Waals surface area contributed by atoms with Gasteiger partial charge in [0.1, 0.15) is 0 Å². The summed E-state index contributed by atoms with van der Waals surface area (Å²) in [6.45, 7) is 4.00. The van der Waals surface area contributed by atoms with Crippen molar-refractivity contribution in [2.75, 3.05) is 11.1 Å². The van der Waals surface area contributed by atoms with Crippen LogP contribution >= 0.6 is 11.8 Å². The van der Waals surface area contributed by atoms with E-state index in [1.54, 1.807) is 6.07 Å². The Hall–Kier alpha value is -2.53. The number of aromatic nitrogens is 1. The number of carbonyl (C=O) groups excluding carboxylic acids is 1. The minimum atomic E-state index is -0.0483. The van der Waals surface area contributed by atoms with Gasteiger partial charge in [-0.05, 0) is 43.7 Å². The molecule has 0 fully saturated rings. The van der Waals surface area contributed by atoms with Crippen LogP contribution in [0.4, 0.5) is 5.69 Å². The number of thioether (sulfide) groups is 1. The fourth-order valence-electron chi connectivity index (χ4n) is 2.59. The predicted octanol–water partition coefficient (Wildman–Crippen LogP) is 4.02. The summed E-state index contributed by atoms with van der Waals surface area (Å²) in [6.07, 6.45) is 0. The van der Waals surface area contributed by atoms with E-state index < -0.39 is 0 Å². The van der Waals surface area contributed by atoms with Crippen molar-refractivity contribution in [2.45, 2.75) is 19.6 Å². The number of aryl methyl sites for hydroxylation is 2. The van der Waals surface area contributed by atoms with Crippen molar-refractivity contribution in [3.63, 3.8) is 0 Å². The molecule has 0 unspecified atom stereocenters. The monoisotopic (exact) mass is 352 g/mol. The van der Waals surface area contributed by atoms with E-state index in [0.29, 0.717) is 16.9 Å². The summed E-state index contributed by atoms with van der Waals surface area (Å²) in [7, 11) is 0. The van der Waals surface area contributed by atoms with E-state index in [1.807, 2.05) is 56.3 Å². The predicted molar refractivity (Wildman–Crippen MR) is 105 cm³/mol. The summed E-state index contributed by atoms with van der Waals surface area (Å²) in [6, 6.07) is 15.1. The van der Waals surface area contributed by atoms with Crippen LogP contribution in [0.15, 0.2) is 53.3 Å². The highest BCUT2D eigenvalue weighted by atomic mass is 32.2. The van der Waals surface area contributed by atoms with E-state index in [4.69, 9.17) is 0 Å². The molecule has 0 spiro atoms. The fourth-order valence-corrected chi connectivity index (χ4v) is 3.32. The molecule has 0 bridgehead atoms. The van der Waals surface area contributed by atoms with Crippen molar-refractivity contribution >= 4 is 34.3 Å². The number of amides is 1. The number of nitrogens with one attached hydrogen (secondary N) is 2. The van der Waals surface area contributed by atoms with Crippen molar-refractivity contribution in [1.82, 2.24) is 4.98 Å². The van der Waals surface area contributed by atoms with Gasteiger partial charge in [-0.1, -0.05) is 23.8 Å². The lowest BCUT2D eigenvalue weighted by atomic mass is 10.1. The van der Waals surface area contributed by atoms with E-state index in [2.05, 4.69) is 10.3 Å². The Morgan fingerprint density at radius 3 is 2.52 bits per heavy atom. The Labute approximate surface area is 150 Å². The van der Waals surface area contributed by atoms with E-state index >= 15 is 0 Å². The van der Waals surface area contributed by atoms with Crippen molar-refractivity contribution in [1.29, 1.82) is 0 Å². The van der Waals surface area contributed by atoms with Crippen molar-refractivity contribution in [3.05, 3.63) is 75.6 Å². The van der Waals surface area contributed by atoms with Crippen LogP contribution in [0.2, 0.25) is 0 Å². The SMILES string of the molecule is Cc1ccc(NC(=O)CSCc2cc(=O)c3ccc(C)cc3[nH]2)cc1. The van der Waals surface area contributed by atoms with E-state index in [-0.39, 0.29) is 11.3 Å². The van der Waals surface area contributed by atoms with Gasteiger partial charge >= 0.3 is 0 Å². The zero-order chi connectivity index (χ0) is 17.8. The van der Waals surface area contributed by atoms with E-state index in [0.717, 1.165) is 28.0 Å². The third-order valence-corrected chi connectivity index (χ3v) is 4.85. The molecule has 0 aliphatic heterocycles. The first-order chi connectivity index (χ1) is 12.0. The number of hydrogen-bond acceptors (Lipinski definition) is 3. The van der Waals surface area contributed by atoms with Crippen LogP contribution in [0.5, 0.6) is 0 Å². The molecule has 1 aromatic heterocycles. The Bertz CT molecular complexity index is 962. The van der Waals surface area contributed by atoms with Gasteiger partial charge in [-0.3, -0.25) is 9.59 Å². The van der Waals surface area contributed by atoms with Gasteiger partial charge in [-0.25, -0.2) is 0 Å². The lowest BCUT2D eigenvalue weighted by Gasteiger charge is -2.07. The molecule has 0 aliphatic rings. The smallest absolute Gasteiger partial charge is 0.234 e. The lowest BCUT2D eigenvalue weighted by molar-refractivity contribution is -0.113. The largest absolute Gasteiger partial charge is 0.357 e. The summed E-state index contributed by atoms with van der Waals surface area (Å²) in [5.41, 5.74) is 4.73. The molecule has 25 heavy (non-hydrogen) atoms. The number of carbonyl (C=O) groups is 1. The van der Waals surface area contributed by atoms with Crippen LogP contribution in [0, 0.1) is 13.8 Å². The first-order valence-electron chi connectivity index (χ1n) is 8.08. The maximum Gasteiger partial charge on any atom is 0.234 e. The molecule has 3 aromatic rings. The quantitative estimate of drug-likeness (QED) is 0.729. The molecule has 0 atom stereocenters. The van der Waals surface area contributed by atoms with E-state index in [9.17, 15) is 9.59 Å². The Kier molecular flexibility index (Phi) is 5.24. The molecule has 128 valence electrons. The van der Waals surface area contributed by atoms with Crippen LogP contribution in [-0.2, 0) is 10.5 Å². The minimum absolute atomic E-state index is 0.00783. The second kappa shape index (κ2) is 7.57. The van der Waals surface area contributed by atoms with Crippen LogP contribution < -0.4 is 10.7 Å². The molecule has 1 amide bonds. The Morgan fingerprint density at radius 1 is 1.04 bits per heavy atom. The highest BCUT2D eigenvalue weighted by molar-refractivity contribution is 7.99. The number of benzene rings is 2. The van der Waals surface area contributed by atoms with Crippen LogP contribution in [0.25, 0.3) is 10.9 Å². The molecule has 4 nitrogen and oxygen atoms in total. The van der Waals surface area contributed by atoms with Gasteiger partial charge < -0.3 is 10.3 Å². The first kappa shape index (κ1) is 17.3. The molecule has 1 heterocycles.